The van der Waals surface area contributed by atoms with E-state index in [1.807, 2.05) is 0 Å². The third-order valence-electron chi connectivity index (χ3n) is 6.95. The smallest absolute Gasteiger partial charge is 0.305 e. The Morgan fingerprint density at radius 3 is 1.05 bits per heavy atom. The van der Waals surface area contributed by atoms with Gasteiger partial charge in [0.1, 0.15) is 19.3 Å². The molecule has 37 heavy (non-hydrogen) atoms. The molecule has 5 heteroatoms. The Bertz CT molecular complexity index is 517. The Kier molecular flexibility index (Phi) is 25.7. The molecule has 0 unspecified atom stereocenters. The van der Waals surface area contributed by atoms with Crippen molar-refractivity contribution in [1.82, 2.24) is 0 Å². The summed E-state index contributed by atoms with van der Waals surface area (Å²) in [5.74, 6) is 1.05. The summed E-state index contributed by atoms with van der Waals surface area (Å²) in [6.45, 7) is 8.89. The van der Waals surface area contributed by atoms with Gasteiger partial charge in [0.15, 0.2) is 0 Å². The van der Waals surface area contributed by atoms with E-state index in [0.29, 0.717) is 12.8 Å². The first-order valence-electron chi connectivity index (χ1n) is 15.8. The lowest BCUT2D eigenvalue weighted by atomic mass is 10.0. The molecule has 0 aliphatic heterocycles. The van der Waals surface area contributed by atoms with Gasteiger partial charge in [-0.25, -0.2) is 0 Å². The Hall–Kier alpha value is -1.10. The van der Waals surface area contributed by atoms with Crippen LogP contribution in [0.5, 0.6) is 0 Å². The summed E-state index contributed by atoms with van der Waals surface area (Å²) in [5, 5.41) is 9.92. The van der Waals surface area contributed by atoms with E-state index in [4.69, 9.17) is 9.47 Å². The normalized spacial score (nSPS) is 12.3. The Morgan fingerprint density at radius 2 is 0.757 bits per heavy atom. The van der Waals surface area contributed by atoms with Crippen LogP contribution in [0.4, 0.5) is 0 Å². The first-order chi connectivity index (χ1) is 17.8. The second-order valence-electron chi connectivity index (χ2n) is 11.9. The lowest BCUT2D eigenvalue weighted by Gasteiger charge is -2.12. The van der Waals surface area contributed by atoms with E-state index in [2.05, 4.69) is 27.7 Å². The van der Waals surface area contributed by atoms with Crippen LogP contribution in [0, 0.1) is 11.8 Å². The van der Waals surface area contributed by atoms with E-state index in [1.54, 1.807) is 0 Å². The number of unbranched alkanes of at least 4 members (excludes halogenated alkanes) is 15. The highest BCUT2D eigenvalue weighted by Crippen LogP contribution is 2.15. The quantitative estimate of drug-likeness (QED) is 0.0854. The van der Waals surface area contributed by atoms with Gasteiger partial charge in [0, 0.05) is 12.8 Å². The van der Waals surface area contributed by atoms with Gasteiger partial charge in [-0.15, -0.1) is 0 Å². The zero-order chi connectivity index (χ0) is 27.6. The number of rotatable bonds is 27. The minimum absolute atomic E-state index is 0.111. The van der Waals surface area contributed by atoms with Crippen LogP contribution in [-0.2, 0) is 19.1 Å². The Balaban J connectivity index is 3.43. The van der Waals surface area contributed by atoms with Crippen LogP contribution in [0.2, 0.25) is 0 Å². The van der Waals surface area contributed by atoms with Gasteiger partial charge in [-0.2, -0.15) is 0 Å². The average Bonchev–Trinajstić information content (AvgIpc) is 2.85. The number of carbonyl (C=O) groups excluding carboxylic acids is 2. The molecule has 0 saturated carbocycles. The maximum absolute atomic E-state index is 11.9. The molecule has 1 N–H and O–H groups in total. The van der Waals surface area contributed by atoms with Crippen LogP contribution < -0.4 is 0 Å². The third kappa shape index (κ3) is 29.3. The average molecular weight is 527 g/mol. The van der Waals surface area contributed by atoms with Crippen LogP contribution in [-0.4, -0.2) is 36.4 Å². The predicted molar refractivity (Wildman–Crippen MR) is 155 cm³/mol. The van der Waals surface area contributed by atoms with Crippen molar-refractivity contribution in [2.75, 3.05) is 13.2 Å². The van der Waals surface area contributed by atoms with Crippen LogP contribution in [0.1, 0.15) is 163 Å². The topological polar surface area (TPSA) is 72.8 Å². The zero-order valence-corrected chi connectivity index (χ0v) is 25.1. The maximum atomic E-state index is 11.9. The van der Waals surface area contributed by atoms with Crippen molar-refractivity contribution in [1.29, 1.82) is 0 Å². The molecule has 0 aromatic carbocycles. The van der Waals surface area contributed by atoms with Crippen molar-refractivity contribution < 1.29 is 24.2 Å². The van der Waals surface area contributed by atoms with Crippen LogP contribution >= 0.6 is 0 Å². The molecular formula is C32H62O5. The highest BCUT2D eigenvalue weighted by Gasteiger charge is 2.12. The number of hydrogen-bond acceptors (Lipinski definition) is 5. The van der Waals surface area contributed by atoms with Crippen LogP contribution in [0.3, 0.4) is 0 Å². The van der Waals surface area contributed by atoms with E-state index < -0.39 is 6.10 Å². The summed E-state index contributed by atoms with van der Waals surface area (Å²) in [5.41, 5.74) is 0. The lowest BCUT2D eigenvalue weighted by Crippen LogP contribution is -2.25. The molecule has 0 aliphatic carbocycles. The van der Waals surface area contributed by atoms with Crippen LogP contribution in [0.25, 0.3) is 0 Å². The van der Waals surface area contributed by atoms with E-state index in [-0.39, 0.29) is 25.2 Å². The van der Waals surface area contributed by atoms with Crippen molar-refractivity contribution in [3.63, 3.8) is 0 Å². The summed E-state index contributed by atoms with van der Waals surface area (Å²) >= 11 is 0. The van der Waals surface area contributed by atoms with Gasteiger partial charge < -0.3 is 14.6 Å². The minimum atomic E-state index is -0.955. The molecule has 5 nitrogen and oxygen atoms in total. The van der Waals surface area contributed by atoms with Crippen molar-refractivity contribution in [3.05, 3.63) is 0 Å². The van der Waals surface area contributed by atoms with Crippen molar-refractivity contribution in [2.45, 2.75) is 169 Å². The monoisotopic (exact) mass is 526 g/mol. The molecule has 220 valence electrons. The van der Waals surface area contributed by atoms with E-state index in [9.17, 15) is 14.7 Å². The molecule has 0 amide bonds. The molecule has 0 aromatic heterocycles. The number of aliphatic hydroxyl groups is 1. The Morgan fingerprint density at radius 1 is 0.486 bits per heavy atom. The summed E-state index contributed by atoms with van der Waals surface area (Å²) in [6, 6.07) is 0. The molecule has 0 aliphatic rings. The molecule has 0 fully saturated rings. The molecule has 0 rings (SSSR count). The fraction of sp³-hybridized carbons (Fsp3) is 0.938. The van der Waals surface area contributed by atoms with Crippen molar-refractivity contribution in [2.24, 2.45) is 11.8 Å². The maximum Gasteiger partial charge on any atom is 0.305 e. The molecule has 0 saturated heterocycles. The van der Waals surface area contributed by atoms with Crippen molar-refractivity contribution in [3.8, 4) is 0 Å². The van der Waals surface area contributed by atoms with E-state index >= 15 is 0 Å². The number of aliphatic hydroxyl groups excluding tert-OH is 1. The van der Waals surface area contributed by atoms with Gasteiger partial charge in [0.05, 0.1) is 0 Å². The van der Waals surface area contributed by atoms with Gasteiger partial charge in [0.25, 0.3) is 0 Å². The van der Waals surface area contributed by atoms with Gasteiger partial charge in [-0.3, -0.25) is 9.59 Å². The summed E-state index contributed by atoms with van der Waals surface area (Å²) < 4.78 is 10.2. The Labute approximate surface area is 229 Å². The molecule has 0 aromatic rings. The van der Waals surface area contributed by atoms with Gasteiger partial charge in [-0.1, -0.05) is 137 Å². The van der Waals surface area contributed by atoms with E-state index in [1.165, 1.54) is 89.9 Å². The fourth-order valence-electron chi connectivity index (χ4n) is 4.51. The highest BCUT2D eigenvalue weighted by atomic mass is 16.6. The molecule has 0 bridgehead atoms. The molecule has 1 atom stereocenters. The second kappa shape index (κ2) is 26.5. The zero-order valence-electron chi connectivity index (χ0n) is 25.1. The first-order valence-corrected chi connectivity index (χ1v) is 15.8. The van der Waals surface area contributed by atoms with Gasteiger partial charge >= 0.3 is 11.9 Å². The largest absolute Gasteiger partial charge is 0.463 e. The van der Waals surface area contributed by atoms with Gasteiger partial charge in [-0.05, 0) is 24.7 Å². The van der Waals surface area contributed by atoms with Gasteiger partial charge in [0.2, 0.25) is 0 Å². The SMILES string of the molecule is CC(C)CCCCCCCCCCCCCC(=O)OC[C@@H](O)COC(=O)CCCCCCCCC(C)C. The second-order valence-corrected chi connectivity index (χ2v) is 11.9. The fourth-order valence-corrected chi connectivity index (χ4v) is 4.51. The lowest BCUT2D eigenvalue weighted by molar-refractivity contribution is -0.152. The third-order valence-corrected chi connectivity index (χ3v) is 6.95. The molecule has 0 spiro atoms. The molecular weight excluding hydrogens is 464 g/mol. The van der Waals surface area contributed by atoms with Crippen molar-refractivity contribution >= 4 is 11.9 Å². The predicted octanol–water partition coefficient (Wildman–Crippen LogP) is 8.94. The summed E-state index contributed by atoms with van der Waals surface area (Å²) in [4.78, 5) is 23.7. The molecule has 0 heterocycles. The standard InChI is InChI=1S/C32H62O5/c1-28(2)22-18-14-10-8-6-5-7-9-11-16-20-24-31(34)36-26-30(33)27-37-32(35)25-21-17-13-12-15-19-23-29(3)4/h28-30,33H,5-27H2,1-4H3/t30-/m1/s1. The highest BCUT2D eigenvalue weighted by molar-refractivity contribution is 5.69. The summed E-state index contributed by atoms with van der Waals surface area (Å²) in [6.07, 6.45) is 23.1. The number of hydrogen-bond donors (Lipinski definition) is 1. The van der Waals surface area contributed by atoms with Crippen LogP contribution in [0.15, 0.2) is 0 Å². The minimum Gasteiger partial charge on any atom is -0.463 e. The number of esters is 2. The number of ether oxygens (including phenoxy) is 2. The first kappa shape index (κ1) is 35.9. The molecule has 0 radical (unpaired) electrons. The summed E-state index contributed by atoms with van der Waals surface area (Å²) in [7, 11) is 0. The number of carbonyl (C=O) groups is 2. The van der Waals surface area contributed by atoms with E-state index in [0.717, 1.165) is 43.9 Å².